The number of nitrogens with one attached hydrogen (secondary N) is 1. The molecule has 0 fully saturated rings. The largest absolute Gasteiger partial charge is 0.319 e. The number of nitrogens with zero attached hydrogens (tertiary/aromatic N) is 1. The Morgan fingerprint density at radius 3 is 2.55 bits per heavy atom. The zero-order valence-electron chi connectivity index (χ0n) is 7.89. The van der Waals surface area contributed by atoms with E-state index in [0.717, 1.165) is 0 Å². The highest BCUT2D eigenvalue weighted by atomic mass is 15.5. The molecule has 0 saturated heterocycles. The molecule has 1 unspecified atom stereocenters. The quantitative estimate of drug-likeness (QED) is 0.490. The first-order valence-electron chi connectivity index (χ1n) is 3.83. The van der Waals surface area contributed by atoms with Gasteiger partial charge in [0.1, 0.15) is 0 Å². The monoisotopic (exact) mass is 154 g/mol. The minimum atomic E-state index is 0.450. The van der Waals surface area contributed by atoms with Gasteiger partial charge in [0.15, 0.2) is 0 Å². The van der Waals surface area contributed by atoms with Crippen LogP contribution in [0, 0.1) is 5.92 Å². The van der Waals surface area contributed by atoms with Crippen molar-refractivity contribution in [2.45, 2.75) is 13.8 Å². The summed E-state index contributed by atoms with van der Waals surface area (Å²) in [6.07, 6.45) is 4.00. The topological polar surface area (TPSA) is 15.3 Å². The highest BCUT2D eigenvalue weighted by Gasteiger charge is 1.98. The van der Waals surface area contributed by atoms with Gasteiger partial charge in [0.25, 0.3) is 0 Å². The fourth-order valence-electron chi connectivity index (χ4n) is 0.673. The second-order valence-electron chi connectivity index (χ2n) is 2.73. The average molecular weight is 154 g/mol. The van der Waals surface area contributed by atoms with E-state index in [1.807, 2.05) is 25.2 Å². The molecule has 1 N–H and O–H groups in total. The Kier molecular flexibility index (Phi) is 4.62. The van der Waals surface area contributed by atoms with E-state index in [0.29, 0.717) is 5.92 Å². The lowest BCUT2D eigenvalue weighted by Crippen LogP contribution is -2.25. The molecule has 1 atom stereocenters. The van der Waals surface area contributed by atoms with Crippen molar-refractivity contribution in [3.63, 3.8) is 0 Å². The van der Waals surface area contributed by atoms with E-state index in [2.05, 4.69) is 32.1 Å². The Hall–Kier alpha value is -0.760. The molecule has 11 heavy (non-hydrogen) atoms. The van der Waals surface area contributed by atoms with Crippen molar-refractivity contribution in [1.29, 1.82) is 0 Å². The van der Waals surface area contributed by atoms with Crippen LogP contribution in [0.25, 0.3) is 0 Å². The van der Waals surface area contributed by atoms with Gasteiger partial charge in [-0.3, -0.25) is 0 Å². The van der Waals surface area contributed by atoms with Crippen LogP contribution in [0.2, 0.25) is 0 Å². The fourth-order valence-corrected chi connectivity index (χ4v) is 0.673. The van der Waals surface area contributed by atoms with Gasteiger partial charge in [0.05, 0.1) is 0 Å². The molecule has 0 saturated carbocycles. The van der Waals surface area contributed by atoms with Gasteiger partial charge in [-0.1, -0.05) is 13.0 Å². The third-order valence-electron chi connectivity index (χ3n) is 1.82. The first kappa shape index (κ1) is 10.2. The Morgan fingerprint density at radius 2 is 2.18 bits per heavy atom. The van der Waals surface area contributed by atoms with Crippen LogP contribution in [-0.2, 0) is 0 Å². The van der Waals surface area contributed by atoms with E-state index in [9.17, 15) is 0 Å². The molecule has 0 aliphatic heterocycles. The first-order valence-corrected chi connectivity index (χ1v) is 3.83. The van der Waals surface area contributed by atoms with E-state index in [4.69, 9.17) is 0 Å². The highest BCUT2D eigenvalue weighted by Crippen LogP contribution is 2.09. The third-order valence-corrected chi connectivity index (χ3v) is 1.82. The maximum atomic E-state index is 3.74. The summed E-state index contributed by atoms with van der Waals surface area (Å²) in [6, 6.07) is 0. The summed E-state index contributed by atoms with van der Waals surface area (Å²) in [7, 11) is 3.86. The number of hydrogen-bond donors (Lipinski definition) is 1. The van der Waals surface area contributed by atoms with Crippen LogP contribution in [0.3, 0.4) is 0 Å². The van der Waals surface area contributed by atoms with Crippen molar-refractivity contribution in [2.24, 2.45) is 5.92 Å². The summed E-state index contributed by atoms with van der Waals surface area (Å²) >= 11 is 0. The average Bonchev–Trinajstić information content (AvgIpc) is 2.02. The first-order chi connectivity index (χ1) is 5.11. The van der Waals surface area contributed by atoms with E-state index in [1.54, 1.807) is 0 Å². The summed E-state index contributed by atoms with van der Waals surface area (Å²) in [5.74, 6) is 0.450. The van der Waals surface area contributed by atoms with E-state index in [1.165, 1.54) is 5.57 Å². The lowest BCUT2D eigenvalue weighted by Gasteiger charge is -2.15. The van der Waals surface area contributed by atoms with Gasteiger partial charge >= 0.3 is 0 Å². The molecule has 0 aliphatic carbocycles. The third kappa shape index (κ3) is 3.83. The lowest BCUT2D eigenvalue weighted by atomic mass is 10.0. The SMILES string of the molecule is C=CC(C)/C(C)=C\N(C)NC. The van der Waals surface area contributed by atoms with Crippen LogP contribution in [0.1, 0.15) is 13.8 Å². The van der Waals surface area contributed by atoms with Crippen LogP contribution in [-0.4, -0.2) is 19.1 Å². The van der Waals surface area contributed by atoms with Crippen LogP contribution < -0.4 is 5.43 Å². The number of hydrogen-bond acceptors (Lipinski definition) is 2. The van der Waals surface area contributed by atoms with E-state index in [-0.39, 0.29) is 0 Å². The molecule has 0 amide bonds. The van der Waals surface area contributed by atoms with Crippen molar-refractivity contribution in [1.82, 2.24) is 10.4 Å². The predicted molar refractivity (Wildman–Crippen MR) is 49.9 cm³/mol. The van der Waals surface area contributed by atoms with Gasteiger partial charge in [-0.15, -0.1) is 6.58 Å². The summed E-state index contributed by atoms with van der Waals surface area (Å²) in [5, 5.41) is 1.93. The number of allylic oxidation sites excluding steroid dienone is 2. The van der Waals surface area contributed by atoms with Crippen molar-refractivity contribution in [3.05, 3.63) is 24.4 Å². The number of hydrazine groups is 1. The summed E-state index contributed by atoms with van der Waals surface area (Å²) in [5.41, 5.74) is 4.30. The zero-order valence-corrected chi connectivity index (χ0v) is 7.89. The van der Waals surface area contributed by atoms with Gasteiger partial charge in [-0.2, -0.15) is 0 Å². The van der Waals surface area contributed by atoms with Gasteiger partial charge < -0.3 is 5.01 Å². The van der Waals surface area contributed by atoms with Crippen molar-refractivity contribution >= 4 is 0 Å². The normalized spacial score (nSPS) is 14.4. The van der Waals surface area contributed by atoms with E-state index < -0.39 is 0 Å². The van der Waals surface area contributed by atoms with Gasteiger partial charge in [-0.05, 0) is 18.4 Å². The van der Waals surface area contributed by atoms with Crippen molar-refractivity contribution in [3.8, 4) is 0 Å². The van der Waals surface area contributed by atoms with Crippen molar-refractivity contribution < 1.29 is 0 Å². The Balaban J connectivity index is 4.08. The van der Waals surface area contributed by atoms with Crippen LogP contribution in [0.5, 0.6) is 0 Å². The molecule has 2 nitrogen and oxygen atoms in total. The zero-order chi connectivity index (χ0) is 8.85. The van der Waals surface area contributed by atoms with Gasteiger partial charge in [-0.25, -0.2) is 5.43 Å². The molecule has 0 radical (unpaired) electrons. The second-order valence-corrected chi connectivity index (χ2v) is 2.73. The molecule has 0 aromatic carbocycles. The van der Waals surface area contributed by atoms with Crippen molar-refractivity contribution in [2.75, 3.05) is 14.1 Å². The summed E-state index contributed by atoms with van der Waals surface area (Å²) in [4.78, 5) is 0. The van der Waals surface area contributed by atoms with Crippen LogP contribution >= 0.6 is 0 Å². The molecule has 0 spiro atoms. The molecule has 0 bridgehead atoms. The molecule has 0 rings (SSSR count). The van der Waals surface area contributed by atoms with Crippen LogP contribution in [0.15, 0.2) is 24.4 Å². The highest BCUT2D eigenvalue weighted by molar-refractivity contribution is 5.06. The number of rotatable bonds is 4. The fraction of sp³-hybridized carbons (Fsp3) is 0.556. The Morgan fingerprint density at radius 1 is 1.64 bits per heavy atom. The predicted octanol–water partition coefficient (Wildman–Crippen LogP) is 1.78. The minimum Gasteiger partial charge on any atom is -0.319 e. The molecule has 0 aromatic rings. The lowest BCUT2D eigenvalue weighted by molar-refractivity contribution is 0.360. The van der Waals surface area contributed by atoms with Gasteiger partial charge in [0.2, 0.25) is 0 Å². The molecular formula is C9H18N2. The smallest absolute Gasteiger partial charge is 0.0225 e. The molecule has 64 valence electrons. The Bertz CT molecular complexity index is 150. The summed E-state index contributed by atoms with van der Waals surface area (Å²) in [6.45, 7) is 7.96. The molecular weight excluding hydrogens is 136 g/mol. The Labute approximate surface area is 69.6 Å². The van der Waals surface area contributed by atoms with Gasteiger partial charge in [0, 0.05) is 20.3 Å². The molecule has 0 aromatic heterocycles. The van der Waals surface area contributed by atoms with E-state index >= 15 is 0 Å². The molecule has 0 aliphatic rings. The molecule has 0 heterocycles. The minimum absolute atomic E-state index is 0.450. The maximum absolute atomic E-state index is 3.74. The second kappa shape index (κ2) is 4.97. The molecule has 2 heteroatoms. The summed E-state index contributed by atoms with van der Waals surface area (Å²) < 4.78 is 0. The standard InChI is InChI=1S/C9H18N2/c1-6-8(2)9(3)7-11(5)10-4/h6-8,10H,1H2,2-5H3/b9-7-. The van der Waals surface area contributed by atoms with Crippen LogP contribution in [0.4, 0.5) is 0 Å². The maximum Gasteiger partial charge on any atom is 0.0225 e.